The topological polar surface area (TPSA) is 35.1 Å². The maximum Gasteiger partial charge on any atom is 0.245 e. The third kappa shape index (κ3) is 3.36. The van der Waals surface area contributed by atoms with Gasteiger partial charge in [-0.15, -0.1) is 0 Å². The average molecular weight is 349 g/mol. The molecule has 4 rings (SSSR count). The number of nitrogens with zero attached hydrogens (tertiary/aromatic N) is 2. The number of para-hydroxylation sites is 2. The van der Waals surface area contributed by atoms with Gasteiger partial charge in [-0.3, -0.25) is 4.79 Å². The number of imidazole rings is 1. The number of fused-ring (bicyclic) bond motifs is 2. The highest BCUT2D eigenvalue weighted by Gasteiger charge is 2.19. The average Bonchev–Trinajstić information content (AvgIpc) is 3.25. The van der Waals surface area contributed by atoms with E-state index in [2.05, 4.69) is 58.8 Å². The summed E-state index contributed by atoms with van der Waals surface area (Å²) in [6.45, 7) is 4.15. The van der Waals surface area contributed by atoms with Gasteiger partial charge < -0.3 is 4.74 Å². The predicted molar refractivity (Wildman–Crippen MR) is 101 cm³/mol. The first-order valence-corrected chi connectivity index (χ1v) is 9.48. The highest BCUT2D eigenvalue weighted by Crippen LogP contribution is 2.26. The van der Waals surface area contributed by atoms with Crippen molar-refractivity contribution in [3.05, 3.63) is 59.9 Å². The molecule has 26 heavy (non-hydrogen) atoms. The van der Waals surface area contributed by atoms with E-state index in [4.69, 9.17) is 4.74 Å². The number of benzene rings is 2. The summed E-state index contributed by atoms with van der Waals surface area (Å²) < 4.78 is 9.93. The number of carbonyl (C=O) groups excluding carboxylic acids is 1. The summed E-state index contributed by atoms with van der Waals surface area (Å²) in [4.78, 5) is 12.3. The molecule has 134 valence electrons. The van der Waals surface area contributed by atoms with E-state index in [1.165, 1.54) is 11.1 Å². The molecule has 2 aromatic carbocycles. The molecule has 0 saturated carbocycles. The second-order valence-electron chi connectivity index (χ2n) is 7.04. The van der Waals surface area contributed by atoms with Crippen LogP contribution in [0.1, 0.15) is 37.3 Å². The molecule has 4 heteroatoms. The lowest BCUT2D eigenvalue weighted by atomic mass is 10.1. The van der Waals surface area contributed by atoms with Crippen LogP contribution in [0.5, 0.6) is 5.75 Å². The van der Waals surface area contributed by atoms with Crippen LogP contribution in [0.3, 0.4) is 0 Å². The molecule has 0 radical (unpaired) electrons. The number of aromatic nitrogens is 2. The fourth-order valence-electron chi connectivity index (χ4n) is 3.67. The Labute approximate surface area is 154 Å². The Morgan fingerprint density at radius 1 is 1.23 bits per heavy atom. The minimum absolute atomic E-state index is 0.300. The van der Waals surface area contributed by atoms with E-state index in [-0.39, 0.29) is 0 Å². The van der Waals surface area contributed by atoms with E-state index in [1.807, 2.05) is 6.07 Å². The van der Waals surface area contributed by atoms with Crippen molar-refractivity contribution in [3.63, 3.8) is 0 Å². The summed E-state index contributed by atoms with van der Waals surface area (Å²) >= 11 is 0. The van der Waals surface area contributed by atoms with E-state index in [9.17, 15) is 4.79 Å². The molecule has 0 unspecified atom stereocenters. The van der Waals surface area contributed by atoms with Gasteiger partial charge in [-0.1, -0.05) is 31.5 Å². The van der Waals surface area contributed by atoms with Crippen molar-refractivity contribution in [2.24, 2.45) is 0 Å². The van der Waals surface area contributed by atoms with Gasteiger partial charge >= 0.3 is 0 Å². The predicted octanol–water partition coefficient (Wildman–Crippen LogP) is 3.67. The van der Waals surface area contributed by atoms with Gasteiger partial charge in [0.25, 0.3) is 0 Å². The van der Waals surface area contributed by atoms with Crippen LogP contribution in [0.15, 0.2) is 48.8 Å². The molecule has 0 aliphatic carbocycles. The van der Waals surface area contributed by atoms with E-state index in [0.29, 0.717) is 18.7 Å². The first kappa shape index (κ1) is 16.8. The number of ether oxygens (including phenoxy) is 1. The van der Waals surface area contributed by atoms with Gasteiger partial charge in [0.2, 0.25) is 6.33 Å². The van der Waals surface area contributed by atoms with Crippen molar-refractivity contribution < 1.29 is 14.1 Å². The maximum absolute atomic E-state index is 12.3. The quantitative estimate of drug-likeness (QED) is 0.610. The number of carbonyl (C=O) groups is 1. The standard InChI is InChI=1S/C22H25N2O2/c1-2-3-6-19(25)15-24-16-23(20-7-4-5-8-21(20)24)14-17-9-10-22-18(13-17)11-12-26-22/h4-5,7-10,13,16H,2-3,6,11-12,14-15H2,1H3/q+1. The molecular formula is C22H25N2O2+. The second kappa shape index (κ2) is 7.32. The lowest BCUT2D eigenvalue weighted by Crippen LogP contribution is -2.33. The fraction of sp³-hybridized carbons (Fsp3) is 0.364. The summed E-state index contributed by atoms with van der Waals surface area (Å²) in [6, 6.07) is 14.8. The molecule has 0 spiro atoms. The van der Waals surface area contributed by atoms with Gasteiger partial charge in [0.15, 0.2) is 16.8 Å². The smallest absolute Gasteiger partial charge is 0.245 e. The molecule has 1 aromatic heterocycles. The zero-order valence-electron chi connectivity index (χ0n) is 15.3. The lowest BCUT2D eigenvalue weighted by molar-refractivity contribution is -0.663. The summed E-state index contributed by atoms with van der Waals surface area (Å²) in [7, 11) is 0. The van der Waals surface area contributed by atoms with Crippen molar-refractivity contribution in [3.8, 4) is 5.75 Å². The van der Waals surface area contributed by atoms with Gasteiger partial charge in [-0.05, 0) is 41.8 Å². The van der Waals surface area contributed by atoms with Crippen LogP contribution in [-0.4, -0.2) is 17.0 Å². The third-order valence-electron chi connectivity index (χ3n) is 5.04. The van der Waals surface area contributed by atoms with Crippen molar-refractivity contribution >= 4 is 16.8 Å². The van der Waals surface area contributed by atoms with Crippen LogP contribution in [0, 0.1) is 0 Å². The third-order valence-corrected chi connectivity index (χ3v) is 5.04. The number of hydrogen-bond donors (Lipinski definition) is 0. The highest BCUT2D eigenvalue weighted by atomic mass is 16.5. The van der Waals surface area contributed by atoms with Gasteiger partial charge in [-0.25, -0.2) is 9.13 Å². The number of unbranched alkanes of at least 4 members (excludes halogenated alkanes) is 1. The zero-order valence-corrected chi connectivity index (χ0v) is 15.3. The Morgan fingerprint density at radius 3 is 3.00 bits per heavy atom. The van der Waals surface area contributed by atoms with Gasteiger partial charge in [0.05, 0.1) is 6.61 Å². The molecule has 0 saturated heterocycles. The van der Waals surface area contributed by atoms with Gasteiger partial charge in [0.1, 0.15) is 18.8 Å². The van der Waals surface area contributed by atoms with E-state index in [1.54, 1.807) is 0 Å². The molecule has 0 atom stereocenters. The minimum Gasteiger partial charge on any atom is -0.493 e. The van der Waals surface area contributed by atoms with Crippen molar-refractivity contribution in [1.29, 1.82) is 0 Å². The molecular weight excluding hydrogens is 324 g/mol. The maximum atomic E-state index is 12.3. The molecule has 1 aliphatic rings. The highest BCUT2D eigenvalue weighted by molar-refractivity contribution is 5.80. The van der Waals surface area contributed by atoms with Crippen LogP contribution in [0.25, 0.3) is 11.0 Å². The summed E-state index contributed by atoms with van der Waals surface area (Å²) in [5.74, 6) is 1.32. The largest absolute Gasteiger partial charge is 0.493 e. The van der Waals surface area contributed by atoms with Crippen molar-refractivity contribution in [2.45, 2.75) is 45.7 Å². The fourth-order valence-corrected chi connectivity index (χ4v) is 3.67. The summed E-state index contributed by atoms with van der Waals surface area (Å²) in [5, 5.41) is 0. The van der Waals surface area contributed by atoms with Crippen LogP contribution in [-0.2, 0) is 24.3 Å². The van der Waals surface area contributed by atoms with E-state index >= 15 is 0 Å². The number of hydrogen-bond acceptors (Lipinski definition) is 2. The molecule has 0 bridgehead atoms. The number of Topliss-reactive ketones (excluding diaryl/α,β-unsaturated/α-hetero) is 1. The molecule has 4 nitrogen and oxygen atoms in total. The zero-order chi connectivity index (χ0) is 17.9. The second-order valence-corrected chi connectivity index (χ2v) is 7.04. The Kier molecular flexibility index (Phi) is 4.74. The Bertz CT molecular complexity index is 942. The van der Waals surface area contributed by atoms with Crippen LogP contribution in [0.4, 0.5) is 0 Å². The van der Waals surface area contributed by atoms with Gasteiger partial charge in [-0.2, -0.15) is 0 Å². The molecule has 0 fully saturated rings. The lowest BCUT2D eigenvalue weighted by Gasteiger charge is -2.02. The Balaban J connectivity index is 1.62. The molecule has 0 N–H and O–H groups in total. The summed E-state index contributed by atoms with van der Waals surface area (Å²) in [5.41, 5.74) is 4.83. The minimum atomic E-state index is 0.300. The van der Waals surface area contributed by atoms with Crippen LogP contribution >= 0.6 is 0 Å². The first-order valence-electron chi connectivity index (χ1n) is 9.48. The molecule has 2 heterocycles. The SMILES string of the molecule is CCCCC(=O)Cn1c[n+](Cc2ccc3c(c2)CCO3)c2ccccc21. The number of rotatable bonds is 7. The normalized spacial score (nSPS) is 13.0. The van der Waals surface area contributed by atoms with Crippen LogP contribution < -0.4 is 9.30 Å². The molecule has 3 aromatic rings. The molecule has 0 amide bonds. The number of ketones is 1. The Hall–Kier alpha value is -2.62. The van der Waals surface area contributed by atoms with Gasteiger partial charge in [0, 0.05) is 12.8 Å². The monoisotopic (exact) mass is 349 g/mol. The summed E-state index contributed by atoms with van der Waals surface area (Å²) in [6.07, 6.45) is 5.75. The van der Waals surface area contributed by atoms with Crippen LogP contribution in [0.2, 0.25) is 0 Å². The van der Waals surface area contributed by atoms with E-state index in [0.717, 1.165) is 49.2 Å². The first-order chi connectivity index (χ1) is 12.7. The van der Waals surface area contributed by atoms with Crippen molar-refractivity contribution in [2.75, 3.05) is 6.61 Å². The van der Waals surface area contributed by atoms with Crippen molar-refractivity contribution in [1.82, 2.24) is 4.57 Å². The molecule has 1 aliphatic heterocycles. The Morgan fingerprint density at radius 2 is 2.12 bits per heavy atom. The van der Waals surface area contributed by atoms with E-state index < -0.39 is 0 Å².